The third-order valence-electron chi connectivity index (χ3n) is 14.2. The van der Waals surface area contributed by atoms with E-state index in [0.717, 1.165) is 0 Å². The monoisotopic (exact) mass is 1050 g/mol. The molecule has 0 heteroatoms. The van der Waals surface area contributed by atoms with Crippen LogP contribution in [-0.4, -0.2) is 0 Å². The predicted molar refractivity (Wildman–Crippen MR) is 355 cm³/mol. The van der Waals surface area contributed by atoms with E-state index < -0.39 is 0 Å². The molecule has 0 saturated heterocycles. The number of aryl methyl sites for hydroxylation is 1. The summed E-state index contributed by atoms with van der Waals surface area (Å²) in [5.41, 5.74) is 18.1. The van der Waals surface area contributed by atoms with E-state index >= 15 is 0 Å². The van der Waals surface area contributed by atoms with Crippen LogP contribution in [0.3, 0.4) is 0 Å². The second-order valence-corrected chi connectivity index (χ2v) is 32.0. The largest absolute Gasteiger partial charge is 0.0776 e. The number of fused-ring (bicyclic) bond motifs is 1. The maximum absolute atomic E-state index is 2.34. The highest BCUT2D eigenvalue weighted by atomic mass is 14.3. The Morgan fingerprint density at radius 1 is 0.195 bits per heavy atom. The van der Waals surface area contributed by atoms with Gasteiger partial charge in [-0.15, -0.1) is 0 Å². The van der Waals surface area contributed by atoms with Crippen molar-refractivity contribution in [2.24, 2.45) is 0 Å². The molecule has 6 aromatic carbocycles. The van der Waals surface area contributed by atoms with Crippen molar-refractivity contribution in [3.05, 3.63) is 189 Å². The van der Waals surface area contributed by atoms with Gasteiger partial charge in [-0.1, -0.05) is 350 Å². The summed E-state index contributed by atoms with van der Waals surface area (Å²) < 4.78 is 0. The highest BCUT2D eigenvalue weighted by Gasteiger charge is 2.25. The van der Waals surface area contributed by atoms with Crippen LogP contribution in [-0.2, 0) is 54.1 Å². The maximum atomic E-state index is 2.34. The minimum absolute atomic E-state index is 0. The molecular weight excluding hydrogens is 925 g/mol. The molecule has 6 aromatic rings. The lowest BCUT2D eigenvalue weighted by Crippen LogP contribution is -2.21. The first-order valence-electron chi connectivity index (χ1n) is 28.4. The van der Waals surface area contributed by atoms with Crippen LogP contribution in [0.4, 0.5) is 0 Å². The van der Waals surface area contributed by atoms with Gasteiger partial charge in [0.25, 0.3) is 0 Å². The molecule has 0 aliphatic carbocycles. The summed E-state index contributed by atoms with van der Waals surface area (Å²) in [7, 11) is 0. The second-order valence-electron chi connectivity index (χ2n) is 32.0. The summed E-state index contributed by atoms with van der Waals surface area (Å²) in [6.07, 6.45) is 0. The molecule has 0 radical (unpaired) electrons. The molecule has 0 saturated carbocycles. The lowest BCUT2D eigenvalue weighted by atomic mass is 9.75. The Balaban J connectivity index is 0.000000935. The third-order valence-corrected chi connectivity index (χ3v) is 14.2. The standard InChI is InChI=1S/C18H24.C15H24.3C14H22.2CH4/c1-17(2,3)15-9-7-13-8-10-16(18(4,5)6)12-14(13)11-15;1-11-10-12(14(2,3)4)8-9-13(11)15(5,6)7;1-13(2,3)11-7-9-12(10-8-11)14(4,5)6;1-13(2,3)11-8-7-9-12(10-11)14(4,5)6;1-13(2,3)11-9-7-8-10-12(11)14(4,5)6;;/h7-12H,1-6H3;8-10H,1-7H3;3*7-10H,1-6H3;2*1H4. The molecule has 0 unspecified atom stereocenters. The van der Waals surface area contributed by atoms with Gasteiger partial charge in [-0.2, -0.15) is 0 Å². The van der Waals surface area contributed by atoms with Crippen LogP contribution >= 0.6 is 0 Å². The van der Waals surface area contributed by atoms with E-state index in [1.54, 1.807) is 0 Å². The van der Waals surface area contributed by atoms with Crippen molar-refractivity contribution in [1.82, 2.24) is 0 Å². The summed E-state index contributed by atoms with van der Waals surface area (Å²) >= 11 is 0. The molecule has 0 aliphatic heterocycles. The van der Waals surface area contributed by atoms with Crippen molar-refractivity contribution in [1.29, 1.82) is 0 Å². The summed E-state index contributed by atoms with van der Waals surface area (Å²) in [6, 6.07) is 47.3. The Bertz CT molecular complexity index is 2550. The predicted octanol–water partition coefficient (Wildman–Crippen LogP) is 24.1. The van der Waals surface area contributed by atoms with Crippen molar-refractivity contribution in [2.75, 3.05) is 0 Å². The molecule has 0 spiro atoms. The average Bonchev–Trinajstić information content (AvgIpc) is 3.24. The fourth-order valence-corrected chi connectivity index (χ4v) is 8.87. The zero-order valence-electron chi connectivity index (χ0n) is 54.6. The molecule has 0 fully saturated rings. The van der Waals surface area contributed by atoms with E-state index in [0.29, 0.717) is 0 Å². The fourth-order valence-electron chi connectivity index (χ4n) is 8.87. The lowest BCUT2D eigenvalue weighted by molar-refractivity contribution is 0.530. The molecule has 0 atom stereocenters. The Labute approximate surface area is 480 Å². The van der Waals surface area contributed by atoms with E-state index in [1.165, 1.54) is 72.0 Å². The zero-order valence-corrected chi connectivity index (χ0v) is 54.6. The van der Waals surface area contributed by atoms with E-state index in [4.69, 9.17) is 0 Å². The van der Waals surface area contributed by atoms with Crippen molar-refractivity contribution in [3.8, 4) is 0 Å². The molecule has 430 valence electrons. The Hall–Kier alpha value is -4.42. The van der Waals surface area contributed by atoms with Gasteiger partial charge in [0.15, 0.2) is 0 Å². The molecule has 0 aromatic heterocycles. The van der Waals surface area contributed by atoms with Gasteiger partial charge in [0.1, 0.15) is 0 Å². The van der Waals surface area contributed by atoms with Crippen LogP contribution in [0.15, 0.2) is 127 Å². The summed E-state index contributed by atoms with van der Waals surface area (Å²) in [6.45, 7) is 70.1. The van der Waals surface area contributed by atoms with Crippen LogP contribution in [0, 0.1) is 6.92 Å². The van der Waals surface area contributed by atoms with Gasteiger partial charge in [0.2, 0.25) is 0 Å². The second kappa shape index (κ2) is 26.7. The molecule has 6 rings (SSSR count). The fraction of sp³-hybridized carbons (Fsp3) is 0.558. The van der Waals surface area contributed by atoms with Gasteiger partial charge in [0.05, 0.1) is 0 Å². The summed E-state index contributed by atoms with van der Waals surface area (Å²) in [5, 5.41) is 2.69. The van der Waals surface area contributed by atoms with Crippen LogP contribution in [0.25, 0.3) is 10.8 Å². The number of benzene rings is 6. The average molecular weight is 1050 g/mol. The SMILES string of the molecule is C.C.CC(C)(C)c1ccc(C(C)(C)C)cc1.CC(C)(C)c1ccc2ccc(C(C)(C)C)cc2c1.CC(C)(C)c1cccc(C(C)(C)C)c1.CC(C)(C)c1ccccc1C(C)(C)C.Cc1cc(C(C)(C)C)ccc1C(C)(C)C. The summed E-state index contributed by atoms with van der Waals surface area (Å²) in [5.74, 6) is 0. The molecule has 77 heavy (non-hydrogen) atoms. The summed E-state index contributed by atoms with van der Waals surface area (Å²) in [4.78, 5) is 0. The lowest BCUT2D eigenvalue weighted by Gasteiger charge is -2.29. The third kappa shape index (κ3) is 23.4. The number of hydrogen-bond donors (Lipinski definition) is 0. The molecule has 0 amide bonds. The van der Waals surface area contributed by atoms with Gasteiger partial charge in [-0.05, 0) is 133 Å². The van der Waals surface area contributed by atoms with Gasteiger partial charge < -0.3 is 0 Å². The maximum Gasteiger partial charge on any atom is -0.0129 e. The van der Waals surface area contributed by atoms with E-state index in [1.807, 2.05) is 0 Å². The van der Waals surface area contributed by atoms with E-state index in [-0.39, 0.29) is 69.0 Å². The number of rotatable bonds is 0. The van der Waals surface area contributed by atoms with E-state index in [9.17, 15) is 0 Å². The molecule has 0 aliphatic rings. The first-order valence-corrected chi connectivity index (χ1v) is 28.4. The molecule has 0 heterocycles. The van der Waals surface area contributed by atoms with Crippen molar-refractivity contribution >= 4 is 10.8 Å². The quantitative estimate of drug-likeness (QED) is 0.142. The Morgan fingerprint density at radius 2 is 0.442 bits per heavy atom. The first-order chi connectivity index (χ1) is 33.4. The van der Waals surface area contributed by atoms with Gasteiger partial charge >= 0.3 is 0 Å². The smallest absolute Gasteiger partial charge is 0.0129 e. The molecule has 0 nitrogen and oxygen atoms in total. The number of hydrogen-bond acceptors (Lipinski definition) is 0. The van der Waals surface area contributed by atoms with Crippen LogP contribution in [0.2, 0.25) is 0 Å². The molecule has 0 N–H and O–H groups in total. The minimum Gasteiger partial charge on any atom is -0.0776 e. The van der Waals surface area contributed by atoms with Gasteiger partial charge in [-0.25, -0.2) is 0 Å². The van der Waals surface area contributed by atoms with E-state index in [2.05, 4.69) is 342 Å². The Morgan fingerprint density at radius 3 is 0.701 bits per heavy atom. The minimum atomic E-state index is 0. The Kier molecular flexibility index (Phi) is 25.2. The van der Waals surface area contributed by atoms with Gasteiger partial charge in [0, 0.05) is 0 Å². The topological polar surface area (TPSA) is 0 Å². The van der Waals surface area contributed by atoms with Crippen molar-refractivity contribution in [2.45, 2.75) is 284 Å². The molecular formula is C77H122. The van der Waals surface area contributed by atoms with Crippen LogP contribution < -0.4 is 0 Å². The van der Waals surface area contributed by atoms with Gasteiger partial charge in [-0.3, -0.25) is 0 Å². The van der Waals surface area contributed by atoms with Crippen LogP contribution in [0.5, 0.6) is 0 Å². The van der Waals surface area contributed by atoms with Crippen molar-refractivity contribution in [3.63, 3.8) is 0 Å². The molecule has 0 bridgehead atoms. The zero-order chi connectivity index (χ0) is 58.4. The normalized spacial score (nSPS) is 12.7. The van der Waals surface area contributed by atoms with Crippen LogP contribution in [0.1, 0.15) is 284 Å². The first kappa shape index (κ1) is 72.6. The highest BCUT2D eigenvalue weighted by Crippen LogP contribution is 2.35. The van der Waals surface area contributed by atoms with Crippen molar-refractivity contribution < 1.29 is 0 Å². The highest BCUT2D eigenvalue weighted by molar-refractivity contribution is 5.84.